The molecule has 0 spiro atoms. The number of amides is 1. The lowest BCUT2D eigenvalue weighted by Crippen LogP contribution is -2.39. The zero-order valence-electron chi connectivity index (χ0n) is 21.3. The first-order chi connectivity index (χ1) is 18.1. The summed E-state index contributed by atoms with van der Waals surface area (Å²) in [6, 6.07) is 8.94. The minimum atomic E-state index is -5.56. The van der Waals surface area contributed by atoms with Gasteiger partial charge in [0.05, 0.1) is 17.2 Å². The first-order valence-electron chi connectivity index (χ1n) is 11.9. The highest BCUT2D eigenvalue weighted by Crippen LogP contribution is 2.46. The summed E-state index contributed by atoms with van der Waals surface area (Å²) in [5, 5.41) is 2.99. The predicted molar refractivity (Wildman–Crippen MR) is 139 cm³/mol. The number of nitrogens with zero attached hydrogens (tertiary/aromatic N) is 2. The number of hydrogen-bond donors (Lipinski definition) is 2. The Morgan fingerprint density at radius 2 is 1.79 bits per heavy atom. The number of sulfonamides is 2. The number of fused-ring (bicyclic) bond motifs is 1. The maximum Gasteiger partial charge on any atom is 0.511 e. The molecule has 4 rings (SSSR count). The summed E-state index contributed by atoms with van der Waals surface area (Å²) in [5.41, 5.74) is -3.07. The van der Waals surface area contributed by atoms with Crippen molar-refractivity contribution in [2.24, 2.45) is 0 Å². The Bertz CT molecular complexity index is 1610. The molecule has 0 radical (unpaired) electrons. The standard InChI is InChI=1S/C24H27F3N4O6S2/c1-14-5-7-16(8-6-14)20-19(22(32)28-2)18-13-17(15-9-10-15)21(30-23(18)37-20)31(38(3,33)34)12-4-11-29-39(35,36)24(25,26)27/h5-8,13,15,29H,4,9-12H2,1-3H3,(H,28,32). The molecule has 0 unspecified atom stereocenters. The molecule has 0 atom stereocenters. The number of nitrogens with one attached hydrogen (secondary N) is 2. The number of carbonyl (C=O) groups is 1. The van der Waals surface area contributed by atoms with Gasteiger partial charge < -0.3 is 9.73 Å². The lowest BCUT2D eigenvalue weighted by atomic mass is 10.0. The van der Waals surface area contributed by atoms with Crippen LogP contribution in [0.3, 0.4) is 0 Å². The van der Waals surface area contributed by atoms with E-state index in [9.17, 15) is 34.8 Å². The molecule has 0 saturated heterocycles. The highest BCUT2D eigenvalue weighted by molar-refractivity contribution is 7.92. The number of benzene rings is 1. The van der Waals surface area contributed by atoms with E-state index in [1.54, 1.807) is 18.2 Å². The van der Waals surface area contributed by atoms with E-state index in [4.69, 9.17) is 4.42 Å². The van der Waals surface area contributed by atoms with Crippen molar-refractivity contribution in [2.75, 3.05) is 30.7 Å². The zero-order chi connectivity index (χ0) is 28.8. The number of anilines is 1. The summed E-state index contributed by atoms with van der Waals surface area (Å²) in [6.45, 7) is 0.922. The molecule has 2 N–H and O–H groups in total. The van der Waals surface area contributed by atoms with Crippen LogP contribution in [0.2, 0.25) is 0 Å². The van der Waals surface area contributed by atoms with Crippen LogP contribution in [0, 0.1) is 6.92 Å². The Morgan fingerprint density at radius 1 is 1.15 bits per heavy atom. The van der Waals surface area contributed by atoms with Crippen LogP contribution >= 0.6 is 0 Å². The van der Waals surface area contributed by atoms with Crippen LogP contribution in [-0.4, -0.2) is 59.6 Å². The van der Waals surface area contributed by atoms with Crippen LogP contribution < -0.4 is 14.3 Å². The monoisotopic (exact) mass is 588 g/mol. The second kappa shape index (κ2) is 10.4. The average molecular weight is 589 g/mol. The van der Waals surface area contributed by atoms with Gasteiger partial charge in [0, 0.05) is 25.7 Å². The van der Waals surface area contributed by atoms with E-state index >= 15 is 0 Å². The zero-order valence-corrected chi connectivity index (χ0v) is 22.9. The Morgan fingerprint density at radius 3 is 2.33 bits per heavy atom. The number of hydrogen-bond acceptors (Lipinski definition) is 7. The Balaban J connectivity index is 1.78. The van der Waals surface area contributed by atoms with E-state index in [0.29, 0.717) is 16.5 Å². The molecular weight excluding hydrogens is 561 g/mol. The topological polar surface area (TPSA) is 139 Å². The van der Waals surface area contributed by atoms with Gasteiger partial charge in [-0.15, -0.1) is 0 Å². The van der Waals surface area contributed by atoms with Crippen molar-refractivity contribution in [3.63, 3.8) is 0 Å². The van der Waals surface area contributed by atoms with Crippen molar-refractivity contribution < 1.29 is 39.2 Å². The molecule has 3 aromatic rings. The van der Waals surface area contributed by atoms with Gasteiger partial charge in [-0.1, -0.05) is 29.8 Å². The van der Waals surface area contributed by atoms with Crippen molar-refractivity contribution in [3.05, 3.63) is 47.0 Å². The Labute approximate surface area is 223 Å². The maximum atomic E-state index is 12.9. The fourth-order valence-electron chi connectivity index (χ4n) is 4.12. The van der Waals surface area contributed by atoms with Gasteiger partial charge in [0.2, 0.25) is 15.7 Å². The van der Waals surface area contributed by atoms with Gasteiger partial charge in [-0.25, -0.2) is 21.6 Å². The van der Waals surface area contributed by atoms with Crippen LogP contribution in [0.25, 0.3) is 22.4 Å². The van der Waals surface area contributed by atoms with E-state index in [1.165, 1.54) is 11.8 Å². The first-order valence-corrected chi connectivity index (χ1v) is 15.3. The van der Waals surface area contributed by atoms with Gasteiger partial charge in [0.1, 0.15) is 11.6 Å². The molecule has 212 valence electrons. The summed E-state index contributed by atoms with van der Waals surface area (Å²) in [4.78, 5) is 17.4. The Kier molecular flexibility index (Phi) is 7.71. The molecule has 2 heterocycles. The average Bonchev–Trinajstić information content (AvgIpc) is 3.62. The summed E-state index contributed by atoms with van der Waals surface area (Å²) >= 11 is 0. The van der Waals surface area contributed by atoms with Gasteiger partial charge >= 0.3 is 15.5 Å². The van der Waals surface area contributed by atoms with Crippen molar-refractivity contribution in [1.29, 1.82) is 0 Å². The number of aromatic nitrogens is 1. The fraction of sp³-hybridized carbons (Fsp3) is 0.417. The molecule has 1 amide bonds. The molecule has 2 aromatic heterocycles. The van der Waals surface area contributed by atoms with Gasteiger partial charge in [-0.05, 0) is 43.7 Å². The Hall–Kier alpha value is -3.17. The van der Waals surface area contributed by atoms with Gasteiger partial charge in [0.15, 0.2) is 0 Å². The van der Waals surface area contributed by atoms with Crippen LogP contribution in [-0.2, 0) is 20.0 Å². The minimum absolute atomic E-state index is 0.00926. The van der Waals surface area contributed by atoms with Crippen LogP contribution in [0.4, 0.5) is 19.0 Å². The van der Waals surface area contributed by atoms with Crippen molar-refractivity contribution in [3.8, 4) is 11.3 Å². The van der Waals surface area contributed by atoms with E-state index in [0.717, 1.165) is 29.0 Å². The molecule has 1 saturated carbocycles. The van der Waals surface area contributed by atoms with E-state index < -0.39 is 38.0 Å². The molecule has 15 heteroatoms. The molecule has 1 fully saturated rings. The lowest BCUT2D eigenvalue weighted by Gasteiger charge is -2.24. The number of halogens is 3. The molecule has 1 aromatic carbocycles. The van der Waals surface area contributed by atoms with E-state index in [2.05, 4.69) is 10.3 Å². The number of alkyl halides is 3. The first kappa shape index (κ1) is 28.8. The third kappa shape index (κ3) is 6.04. The number of furan rings is 1. The summed E-state index contributed by atoms with van der Waals surface area (Å²) < 4.78 is 94.3. The van der Waals surface area contributed by atoms with Gasteiger partial charge in [-0.3, -0.25) is 9.10 Å². The molecule has 0 bridgehead atoms. The fourth-order valence-corrected chi connectivity index (χ4v) is 5.62. The molecule has 1 aliphatic carbocycles. The summed E-state index contributed by atoms with van der Waals surface area (Å²) in [7, 11) is -8.08. The number of aryl methyl sites for hydroxylation is 1. The summed E-state index contributed by atoms with van der Waals surface area (Å²) in [6.07, 6.45) is 2.16. The third-order valence-corrected chi connectivity index (χ3v) is 8.60. The molecule has 39 heavy (non-hydrogen) atoms. The number of rotatable bonds is 10. The number of pyridine rings is 1. The highest BCUT2D eigenvalue weighted by atomic mass is 32.2. The predicted octanol–water partition coefficient (Wildman–Crippen LogP) is 3.64. The van der Waals surface area contributed by atoms with E-state index in [-0.39, 0.29) is 41.7 Å². The maximum absolute atomic E-state index is 12.9. The molecule has 10 nitrogen and oxygen atoms in total. The second-order valence-corrected chi connectivity index (χ2v) is 13.0. The SMILES string of the molecule is CNC(=O)c1c(-c2ccc(C)cc2)oc2nc(N(CCCNS(=O)(=O)C(F)(F)F)S(C)(=O)=O)c(C3CC3)cc12. The van der Waals surface area contributed by atoms with Crippen molar-refractivity contribution in [2.45, 2.75) is 37.6 Å². The number of carbonyl (C=O) groups excluding carboxylic acids is 1. The van der Waals surface area contributed by atoms with E-state index in [1.807, 2.05) is 19.1 Å². The summed E-state index contributed by atoms with van der Waals surface area (Å²) in [5.74, 6) is -0.181. The normalized spacial score (nSPS) is 14.5. The smallest absolute Gasteiger partial charge is 0.437 e. The van der Waals surface area contributed by atoms with Crippen LogP contribution in [0.1, 0.15) is 46.7 Å². The van der Waals surface area contributed by atoms with Crippen LogP contribution in [0.5, 0.6) is 0 Å². The largest absolute Gasteiger partial charge is 0.511 e. The van der Waals surface area contributed by atoms with Crippen molar-refractivity contribution in [1.82, 2.24) is 15.0 Å². The van der Waals surface area contributed by atoms with Gasteiger partial charge in [-0.2, -0.15) is 18.2 Å². The molecule has 0 aliphatic heterocycles. The third-order valence-electron chi connectivity index (χ3n) is 6.25. The molecule has 1 aliphatic rings. The highest BCUT2D eigenvalue weighted by Gasteiger charge is 2.45. The van der Waals surface area contributed by atoms with Crippen molar-refractivity contribution >= 4 is 42.9 Å². The minimum Gasteiger partial charge on any atom is -0.437 e. The lowest BCUT2D eigenvalue weighted by molar-refractivity contribution is -0.0447. The second-order valence-electron chi connectivity index (χ2n) is 9.31. The molecular formula is C24H27F3N4O6S2. The van der Waals surface area contributed by atoms with Crippen LogP contribution in [0.15, 0.2) is 34.7 Å². The van der Waals surface area contributed by atoms with Gasteiger partial charge in [0.25, 0.3) is 5.91 Å². The quantitative estimate of drug-likeness (QED) is 0.345.